The Kier molecular flexibility index (Phi) is 12.7. The minimum absolute atomic E-state index is 0.0452. The average Bonchev–Trinajstić information content (AvgIpc) is 2.92. The van der Waals surface area contributed by atoms with E-state index in [2.05, 4.69) is 13.2 Å². The molecular weight excluding hydrogens is 638 g/mol. The third-order valence-electron chi connectivity index (χ3n) is 5.90. The zero-order valence-corrected chi connectivity index (χ0v) is 24.8. The summed E-state index contributed by atoms with van der Waals surface area (Å²) in [7, 11) is 0. The van der Waals surface area contributed by atoms with Gasteiger partial charge < -0.3 is 9.80 Å². The maximum Gasteiger partial charge on any atom is 0.416 e. The number of anilines is 2. The first-order valence-corrected chi connectivity index (χ1v) is 12.8. The van der Waals surface area contributed by atoms with Gasteiger partial charge in [-0.05, 0) is 27.7 Å². The highest BCUT2D eigenvalue weighted by atomic mass is 19.4. The van der Waals surface area contributed by atoms with Crippen LogP contribution in [0, 0.1) is 40.5 Å². The Morgan fingerprint density at radius 1 is 0.609 bits per heavy atom. The lowest BCUT2D eigenvalue weighted by atomic mass is 10.1. The number of rotatable bonds is 12. The quantitative estimate of drug-likeness (QED) is 0.0937. The number of halogens is 6. The molecule has 0 aliphatic rings. The Morgan fingerprint density at radius 3 is 0.957 bits per heavy atom. The lowest BCUT2D eigenvalue weighted by molar-refractivity contribution is -0.393. The molecule has 14 nitrogen and oxygen atoms in total. The highest BCUT2D eigenvalue weighted by Gasteiger charge is 2.40. The highest BCUT2D eigenvalue weighted by molar-refractivity contribution is 5.77. The first-order chi connectivity index (χ1) is 21.0. The third kappa shape index (κ3) is 9.86. The fourth-order valence-corrected chi connectivity index (χ4v) is 4.09. The molecule has 0 aliphatic carbocycles. The molecule has 0 aliphatic heterocycles. The fourth-order valence-electron chi connectivity index (χ4n) is 4.09. The summed E-state index contributed by atoms with van der Waals surface area (Å²) in [6.07, 6.45) is -9.86. The first kappa shape index (κ1) is 38.7. The van der Waals surface area contributed by atoms with Gasteiger partial charge in [0.2, 0.25) is 0 Å². The number of hydrogen-bond donors (Lipinski definition) is 0. The molecule has 252 valence electrons. The van der Waals surface area contributed by atoms with Crippen LogP contribution in [0.25, 0.3) is 0 Å². The Bertz CT molecular complexity index is 1360. The molecule has 0 N–H and O–H groups in total. The summed E-state index contributed by atoms with van der Waals surface area (Å²) in [5.41, 5.74) is -6.55. The van der Waals surface area contributed by atoms with Gasteiger partial charge in [0, 0.05) is 50.4 Å². The van der Waals surface area contributed by atoms with Crippen molar-refractivity contribution in [3.63, 3.8) is 0 Å². The van der Waals surface area contributed by atoms with E-state index in [1.165, 1.54) is 9.80 Å². The van der Waals surface area contributed by atoms with Crippen LogP contribution >= 0.6 is 0 Å². The van der Waals surface area contributed by atoms with Crippen LogP contribution in [0.2, 0.25) is 0 Å². The third-order valence-corrected chi connectivity index (χ3v) is 5.90. The summed E-state index contributed by atoms with van der Waals surface area (Å²) in [5, 5.41) is 44.6. The average molecular weight is 667 g/mol. The predicted octanol–water partition coefficient (Wildman–Crippen LogP) is 7.85. The molecule has 0 unspecified atom stereocenters. The van der Waals surface area contributed by atoms with Crippen LogP contribution in [0.5, 0.6) is 0 Å². The maximum absolute atomic E-state index is 12.8. The molecule has 0 heterocycles. The van der Waals surface area contributed by atoms with Crippen LogP contribution < -0.4 is 9.80 Å². The van der Waals surface area contributed by atoms with Crippen molar-refractivity contribution in [2.45, 2.75) is 40.0 Å². The Hall–Kier alpha value is -5.30. The van der Waals surface area contributed by atoms with E-state index < -0.39 is 77.3 Å². The smallest absolute Gasteiger partial charge is 0.357 e. The van der Waals surface area contributed by atoms with Gasteiger partial charge in [0.15, 0.2) is 11.4 Å². The molecule has 2 rings (SSSR count). The lowest BCUT2D eigenvalue weighted by Crippen LogP contribution is -2.26. The van der Waals surface area contributed by atoms with Gasteiger partial charge in [-0.15, -0.1) is 0 Å². The second-order valence-corrected chi connectivity index (χ2v) is 9.69. The summed E-state index contributed by atoms with van der Waals surface area (Å²) >= 11 is 0. The summed E-state index contributed by atoms with van der Waals surface area (Å²) in [6, 6.07) is 1.24. The number of nitrogens with zero attached hydrogens (tertiary/aromatic N) is 6. The van der Waals surface area contributed by atoms with E-state index in [-0.39, 0.29) is 26.2 Å². The molecule has 0 aromatic heterocycles. The van der Waals surface area contributed by atoms with Crippen molar-refractivity contribution in [1.82, 2.24) is 0 Å². The van der Waals surface area contributed by atoms with Crippen molar-refractivity contribution < 1.29 is 46.0 Å². The van der Waals surface area contributed by atoms with E-state index in [0.29, 0.717) is 35.4 Å². The van der Waals surface area contributed by atoms with Crippen LogP contribution in [-0.4, -0.2) is 45.9 Å². The van der Waals surface area contributed by atoms with Crippen LogP contribution in [0.4, 0.5) is 60.5 Å². The Balaban J connectivity index is 0.000000460. The molecule has 0 atom stereocenters. The Labute approximate surface area is 256 Å². The van der Waals surface area contributed by atoms with Gasteiger partial charge in [-0.1, -0.05) is 24.3 Å². The number of benzene rings is 2. The van der Waals surface area contributed by atoms with E-state index in [9.17, 15) is 66.8 Å². The van der Waals surface area contributed by atoms with Gasteiger partial charge >= 0.3 is 12.4 Å². The van der Waals surface area contributed by atoms with Gasteiger partial charge in [0.05, 0.1) is 30.8 Å². The van der Waals surface area contributed by atoms with E-state index in [0.717, 1.165) is 0 Å². The SMILES string of the molecule is C=C(C)CN(CC)c1c([N+](=O)[O-])cc(C(F)(F)F)cc1[N+](=O)[O-].C=C(C)CN(CC)c1c([N+](=O)[O-])cc(C(F)(F)F)cc1[N+](=O)[O-]. The van der Waals surface area contributed by atoms with Gasteiger partial charge in [0.25, 0.3) is 22.7 Å². The van der Waals surface area contributed by atoms with Crippen molar-refractivity contribution in [2.24, 2.45) is 0 Å². The lowest BCUT2D eigenvalue weighted by Gasteiger charge is -2.23. The molecule has 0 amide bonds. The number of likely N-dealkylation sites (N-methyl/N-ethyl adjacent to an activating group) is 2. The molecule has 0 saturated carbocycles. The summed E-state index contributed by atoms with van der Waals surface area (Å²) in [6.45, 7) is 13.9. The maximum atomic E-state index is 12.8. The molecule has 0 fully saturated rings. The van der Waals surface area contributed by atoms with Crippen molar-refractivity contribution >= 4 is 34.1 Å². The largest absolute Gasteiger partial charge is 0.416 e. The van der Waals surface area contributed by atoms with Crippen LogP contribution in [0.1, 0.15) is 38.8 Å². The zero-order chi connectivity index (χ0) is 35.9. The molecule has 0 spiro atoms. The normalized spacial score (nSPS) is 11.2. The minimum Gasteiger partial charge on any atom is -0.357 e. The number of hydrogen-bond acceptors (Lipinski definition) is 10. The first-order valence-electron chi connectivity index (χ1n) is 12.8. The van der Waals surface area contributed by atoms with Gasteiger partial charge in [-0.25, -0.2) is 0 Å². The van der Waals surface area contributed by atoms with Gasteiger partial charge in [0.1, 0.15) is 0 Å². The molecule has 2 aromatic rings. The second-order valence-electron chi connectivity index (χ2n) is 9.69. The minimum atomic E-state index is -4.93. The summed E-state index contributed by atoms with van der Waals surface area (Å²) in [4.78, 5) is 42.9. The number of alkyl halides is 6. The predicted molar refractivity (Wildman–Crippen MR) is 155 cm³/mol. The molecule has 46 heavy (non-hydrogen) atoms. The van der Waals surface area contributed by atoms with Crippen molar-refractivity contribution in [1.29, 1.82) is 0 Å². The van der Waals surface area contributed by atoms with Crippen LogP contribution in [0.3, 0.4) is 0 Å². The van der Waals surface area contributed by atoms with Crippen LogP contribution in [0.15, 0.2) is 48.6 Å². The number of nitro groups is 4. The molecular formula is C26H28F6N6O8. The van der Waals surface area contributed by atoms with Crippen molar-refractivity contribution in [3.05, 3.63) is 100 Å². The molecule has 0 saturated heterocycles. The molecule has 0 bridgehead atoms. The zero-order valence-electron chi connectivity index (χ0n) is 24.8. The van der Waals surface area contributed by atoms with Crippen molar-refractivity contribution in [2.75, 3.05) is 36.0 Å². The molecule has 0 radical (unpaired) electrons. The highest BCUT2D eigenvalue weighted by Crippen LogP contribution is 2.44. The monoisotopic (exact) mass is 666 g/mol. The second kappa shape index (κ2) is 15.1. The molecule has 20 heteroatoms. The molecule has 2 aromatic carbocycles. The van der Waals surface area contributed by atoms with E-state index in [1.54, 1.807) is 27.7 Å². The van der Waals surface area contributed by atoms with Gasteiger partial charge in [-0.2, -0.15) is 26.3 Å². The standard InChI is InChI=1S/2C13H14F3N3O4/c2*1-4-17(7-8(2)3)12-10(18(20)21)5-9(13(14,15)16)6-11(12)19(22)23/h2*5-6H,2,4,7H2,1,3H3. The van der Waals surface area contributed by atoms with E-state index >= 15 is 0 Å². The topological polar surface area (TPSA) is 179 Å². The fraction of sp³-hybridized carbons (Fsp3) is 0.385. The van der Waals surface area contributed by atoms with E-state index in [1.807, 2.05) is 0 Å². The van der Waals surface area contributed by atoms with Crippen molar-refractivity contribution in [3.8, 4) is 0 Å². The Morgan fingerprint density at radius 2 is 0.826 bits per heavy atom. The summed E-state index contributed by atoms with van der Waals surface area (Å²) < 4.78 is 77.0. The van der Waals surface area contributed by atoms with Gasteiger partial charge in [-0.3, -0.25) is 40.5 Å². The van der Waals surface area contributed by atoms with E-state index in [4.69, 9.17) is 0 Å². The summed E-state index contributed by atoms with van der Waals surface area (Å²) in [5.74, 6) is 0. The van der Waals surface area contributed by atoms with Crippen LogP contribution in [-0.2, 0) is 12.4 Å². The number of nitro benzene ring substituents is 4.